The Bertz CT molecular complexity index is 572. The summed E-state index contributed by atoms with van der Waals surface area (Å²) < 4.78 is 0. The van der Waals surface area contributed by atoms with Gasteiger partial charge in [-0.2, -0.15) is 0 Å². The molecule has 107 valence electrons. The predicted molar refractivity (Wildman–Crippen MR) is 88.0 cm³/mol. The van der Waals surface area contributed by atoms with Crippen molar-refractivity contribution in [2.45, 2.75) is 32.1 Å². The van der Waals surface area contributed by atoms with Gasteiger partial charge in [-0.3, -0.25) is 0 Å². The molecule has 0 heteroatoms. The molecule has 0 aromatic heterocycles. The summed E-state index contributed by atoms with van der Waals surface area (Å²) in [5, 5.41) is 0. The minimum atomic E-state index is 0.289. The molecular weight excluding hydrogens is 252 g/mol. The molecule has 0 bridgehead atoms. The fourth-order valence-corrected chi connectivity index (χ4v) is 4.43. The second kappa shape index (κ2) is 4.73. The van der Waals surface area contributed by atoms with Gasteiger partial charge >= 0.3 is 0 Å². The van der Waals surface area contributed by atoms with E-state index in [1.54, 1.807) is 5.92 Å². The molecular formula is C21H23. The Hall–Kier alpha value is -1.56. The number of rotatable bonds is 4. The van der Waals surface area contributed by atoms with Crippen molar-refractivity contribution in [1.82, 2.24) is 0 Å². The van der Waals surface area contributed by atoms with Gasteiger partial charge in [0.15, 0.2) is 0 Å². The summed E-state index contributed by atoms with van der Waals surface area (Å²) in [6.07, 6.45) is 2.74. The van der Waals surface area contributed by atoms with Gasteiger partial charge in [0.05, 0.1) is 0 Å². The second-order valence-corrected chi connectivity index (χ2v) is 7.10. The molecule has 0 heterocycles. The van der Waals surface area contributed by atoms with Crippen LogP contribution in [0.5, 0.6) is 0 Å². The minimum Gasteiger partial charge on any atom is -0.0622 e. The van der Waals surface area contributed by atoms with E-state index in [1.165, 1.54) is 24.0 Å². The number of benzene rings is 2. The van der Waals surface area contributed by atoms with E-state index in [1.807, 2.05) is 0 Å². The molecule has 2 aliphatic rings. The lowest BCUT2D eigenvalue weighted by Crippen LogP contribution is -2.13. The van der Waals surface area contributed by atoms with Crippen LogP contribution in [-0.2, 0) is 5.41 Å². The van der Waals surface area contributed by atoms with E-state index in [0.29, 0.717) is 0 Å². The van der Waals surface area contributed by atoms with Crippen LogP contribution in [0, 0.1) is 23.7 Å². The number of hydrogen-bond acceptors (Lipinski definition) is 0. The van der Waals surface area contributed by atoms with Crippen LogP contribution in [0.25, 0.3) is 0 Å². The Kier molecular flexibility index (Phi) is 2.96. The summed E-state index contributed by atoms with van der Waals surface area (Å²) >= 11 is 0. The molecule has 0 aliphatic heterocycles. The summed E-state index contributed by atoms with van der Waals surface area (Å²) in [4.78, 5) is 0. The van der Waals surface area contributed by atoms with Gasteiger partial charge in [0.1, 0.15) is 0 Å². The van der Waals surface area contributed by atoms with Gasteiger partial charge in [0.25, 0.3) is 0 Å². The van der Waals surface area contributed by atoms with Crippen molar-refractivity contribution in [1.29, 1.82) is 0 Å². The molecule has 2 aliphatic carbocycles. The molecule has 0 nitrogen and oxygen atoms in total. The monoisotopic (exact) mass is 275 g/mol. The quantitative estimate of drug-likeness (QED) is 0.715. The fraction of sp³-hybridized carbons (Fsp3) is 0.381. The zero-order valence-electron chi connectivity index (χ0n) is 12.9. The lowest BCUT2D eigenvalue weighted by molar-refractivity contribution is 0.577. The smallest absolute Gasteiger partial charge is 0.0237 e. The first-order valence-corrected chi connectivity index (χ1v) is 8.14. The maximum absolute atomic E-state index is 2.33. The average molecular weight is 275 g/mol. The molecule has 4 rings (SSSR count). The molecule has 0 N–H and O–H groups in total. The van der Waals surface area contributed by atoms with Gasteiger partial charge in [0.2, 0.25) is 0 Å². The van der Waals surface area contributed by atoms with E-state index in [2.05, 4.69) is 74.5 Å². The van der Waals surface area contributed by atoms with Crippen LogP contribution in [0.3, 0.4) is 0 Å². The standard InChI is InChI=1S/C21H23/c1-15(2)18-13-19(18)20-14-21(20,16-9-5-3-6-10-16)17-11-7-4-8-12-17/h3-12,18-20H,13-14H2,1-2H3. The van der Waals surface area contributed by atoms with E-state index >= 15 is 0 Å². The van der Waals surface area contributed by atoms with Gasteiger partial charge in [-0.1, -0.05) is 74.5 Å². The van der Waals surface area contributed by atoms with Gasteiger partial charge in [-0.05, 0) is 47.6 Å². The molecule has 3 unspecified atom stereocenters. The SMILES string of the molecule is C[C](C)C1CC1C1CC1(c1ccccc1)c1ccccc1. The van der Waals surface area contributed by atoms with Crippen LogP contribution < -0.4 is 0 Å². The van der Waals surface area contributed by atoms with Gasteiger partial charge in [-0.15, -0.1) is 0 Å². The summed E-state index contributed by atoms with van der Waals surface area (Å²) in [7, 11) is 0. The van der Waals surface area contributed by atoms with Crippen LogP contribution in [-0.4, -0.2) is 0 Å². The maximum Gasteiger partial charge on any atom is 0.0237 e. The molecule has 21 heavy (non-hydrogen) atoms. The van der Waals surface area contributed by atoms with Crippen LogP contribution in [0.2, 0.25) is 0 Å². The Morgan fingerprint density at radius 2 is 1.38 bits per heavy atom. The van der Waals surface area contributed by atoms with E-state index < -0.39 is 0 Å². The summed E-state index contributed by atoms with van der Waals surface area (Å²) in [5.74, 6) is 4.25. The van der Waals surface area contributed by atoms with Crippen molar-refractivity contribution < 1.29 is 0 Å². The third kappa shape index (κ3) is 2.04. The molecule has 2 fully saturated rings. The number of hydrogen-bond donors (Lipinski definition) is 0. The molecule has 0 saturated heterocycles. The van der Waals surface area contributed by atoms with Crippen molar-refractivity contribution >= 4 is 0 Å². The lowest BCUT2D eigenvalue weighted by Gasteiger charge is -2.19. The molecule has 2 saturated carbocycles. The molecule has 0 spiro atoms. The Balaban J connectivity index is 1.70. The molecule has 1 radical (unpaired) electrons. The summed E-state index contributed by atoms with van der Waals surface area (Å²) in [6, 6.07) is 22.3. The molecule has 2 aromatic carbocycles. The topological polar surface area (TPSA) is 0 Å². The highest BCUT2D eigenvalue weighted by Crippen LogP contribution is 2.69. The van der Waals surface area contributed by atoms with E-state index in [0.717, 1.165) is 17.8 Å². The third-order valence-corrected chi connectivity index (χ3v) is 5.69. The van der Waals surface area contributed by atoms with Crippen LogP contribution in [0.4, 0.5) is 0 Å². The highest BCUT2D eigenvalue weighted by atomic mass is 14.7. The first kappa shape index (κ1) is 13.1. The van der Waals surface area contributed by atoms with Crippen molar-refractivity contribution in [2.75, 3.05) is 0 Å². The van der Waals surface area contributed by atoms with Gasteiger partial charge < -0.3 is 0 Å². The van der Waals surface area contributed by atoms with Crippen LogP contribution >= 0.6 is 0 Å². The zero-order chi connectivity index (χ0) is 14.4. The van der Waals surface area contributed by atoms with E-state index in [9.17, 15) is 0 Å². The van der Waals surface area contributed by atoms with Crippen molar-refractivity contribution in [3.05, 3.63) is 77.7 Å². The average Bonchev–Trinajstić information content (AvgIpc) is 3.41. The normalized spacial score (nSPS) is 29.4. The van der Waals surface area contributed by atoms with E-state index in [-0.39, 0.29) is 5.41 Å². The Morgan fingerprint density at radius 1 is 0.857 bits per heavy atom. The minimum absolute atomic E-state index is 0.289. The van der Waals surface area contributed by atoms with Crippen molar-refractivity contribution in [2.24, 2.45) is 17.8 Å². The van der Waals surface area contributed by atoms with E-state index in [4.69, 9.17) is 0 Å². The Morgan fingerprint density at radius 3 is 1.81 bits per heavy atom. The molecule has 2 aromatic rings. The largest absolute Gasteiger partial charge is 0.0622 e. The highest BCUT2D eigenvalue weighted by molar-refractivity contribution is 5.48. The highest BCUT2D eigenvalue weighted by Gasteiger charge is 2.64. The van der Waals surface area contributed by atoms with Crippen LogP contribution in [0.15, 0.2) is 60.7 Å². The van der Waals surface area contributed by atoms with Crippen molar-refractivity contribution in [3.63, 3.8) is 0 Å². The van der Waals surface area contributed by atoms with Crippen LogP contribution in [0.1, 0.15) is 37.8 Å². The zero-order valence-corrected chi connectivity index (χ0v) is 12.9. The van der Waals surface area contributed by atoms with Gasteiger partial charge in [0, 0.05) is 5.41 Å². The maximum atomic E-state index is 2.33. The first-order chi connectivity index (χ1) is 10.2. The molecule has 3 atom stereocenters. The van der Waals surface area contributed by atoms with Gasteiger partial charge in [-0.25, -0.2) is 0 Å². The summed E-state index contributed by atoms with van der Waals surface area (Å²) in [5.41, 5.74) is 3.32. The molecule has 0 amide bonds. The predicted octanol–water partition coefficient (Wildman–Crippen LogP) is 5.24. The first-order valence-electron chi connectivity index (χ1n) is 8.14. The lowest BCUT2D eigenvalue weighted by atomic mass is 9.84. The Labute approximate surface area is 128 Å². The third-order valence-electron chi connectivity index (χ3n) is 5.69. The second-order valence-electron chi connectivity index (χ2n) is 7.10. The fourth-order valence-electron chi connectivity index (χ4n) is 4.43. The van der Waals surface area contributed by atoms with Crippen molar-refractivity contribution in [3.8, 4) is 0 Å². The summed E-state index contributed by atoms with van der Waals surface area (Å²) in [6.45, 7) is 4.61.